The highest BCUT2D eigenvalue weighted by atomic mass is 15.3. The summed E-state index contributed by atoms with van der Waals surface area (Å²) in [5.41, 5.74) is 10.1. The van der Waals surface area contributed by atoms with Crippen molar-refractivity contribution < 1.29 is 0 Å². The van der Waals surface area contributed by atoms with Crippen LogP contribution >= 0.6 is 0 Å². The van der Waals surface area contributed by atoms with Gasteiger partial charge in [-0.15, -0.1) is 0 Å². The van der Waals surface area contributed by atoms with E-state index in [0.717, 1.165) is 41.8 Å². The van der Waals surface area contributed by atoms with Crippen molar-refractivity contribution in [1.82, 2.24) is 29.5 Å². The lowest BCUT2D eigenvalue weighted by molar-refractivity contribution is 0.784. The molecule has 1 aromatic carbocycles. The predicted molar refractivity (Wildman–Crippen MR) is 106 cm³/mol. The Bertz CT molecular complexity index is 1060. The van der Waals surface area contributed by atoms with Gasteiger partial charge in [-0.1, -0.05) is 18.2 Å². The number of hydrogen-bond donors (Lipinski definition) is 2. The number of rotatable bonds is 6. The van der Waals surface area contributed by atoms with E-state index in [4.69, 9.17) is 5.73 Å². The van der Waals surface area contributed by atoms with Crippen LogP contribution in [0.15, 0.2) is 42.7 Å². The Hall–Kier alpha value is -3.42. The molecule has 0 amide bonds. The number of benzene rings is 1. The predicted octanol–water partition coefficient (Wildman–Crippen LogP) is 2.48. The lowest BCUT2D eigenvalue weighted by Gasteiger charge is -2.06. The molecule has 138 valence electrons. The Labute approximate surface area is 157 Å². The molecule has 0 saturated heterocycles. The molecule has 3 N–H and O–H groups in total. The number of nitrogens with one attached hydrogen (secondary N) is 1. The van der Waals surface area contributed by atoms with Crippen LogP contribution in [-0.2, 0) is 13.5 Å². The van der Waals surface area contributed by atoms with Gasteiger partial charge in [-0.25, -0.2) is 4.68 Å². The van der Waals surface area contributed by atoms with Gasteiger partial charge in [0.2, 0.25) is 5.95 Å². The molecule has 8 nitrogen and oxygen atoms in total. The number of aryl methyl sites for hydroxylation is 3. The fourth-order valence-corrected chi connectivity index (χ4v) is 3.06. The average molecular weight is 362 g/mol. The molecule has 0 unspecified atom stereocenters. The van der Waals surface area contributed by atoms with Gasteiger partial charge in [0, 0.05) is 19.8 Å². The van der Waals surface area contributed by atoms with Gasteiger partial charge in [-0.2, -0.15) is 20.2 Å². The van der Waals surface area contributed by atoms with Crippen molar-refractivity contribution in [2.45, 2.75) is 19.8 Å². The van der Waals surface area contributed by atoms with E-state index in [1.165, 1.54) is 5.56 Å². The monoisotopic (exact) mass is 362 g/mol. The summed E-state index contributed by atoms with van der Waals surface area (Å²) >= 11 is 0. The minimum absolute atomic E-state index is 0.440. The molecule has 0 aliphatic carbocycles. The van der Waals surface area contributed by atoms with Gasteiger partial charge in [0.25, 0.3) is 0 Å². The molecule has 27 heavy (non-hydrogen) atoms. The van der Waals surface area contributed by atoms with E-state index >= 15 is 0 Å². The van der Waals surface area contributed by atoms with E-state index in [1.807, 2.05) is 49.0 Å². The van der Waals surface area contributed by atoms with Crippen LogP contribution in [0, 0.1) is 6.92 Å². The summed E-state index contributed by atoms with van der Waals surface area (Å²) < 4.78 is 3.62. The molecule has 8 heteroatoms. The lowest BCUT2D eigenvalue weighted by atomic mass is 10.1. The van der Waals surface area contributed by atoms with E-state index in [0.29, 0.717) is 11.8 Å². The van der Waals surface area contributed by atoms with Gasteiger partial charge in [0.1, 0.15) is 5.82 Å². The van der Waals surface area contributed by atoms with Crippen LogP contribution < -0.4 is 11.1 Å². The van der Waals surface area contributed by atoms with Crippen molar-refractivity contribution in [2.75, 3.05) is 17.6 Å². The smallest absolute Gasteiger partial charge is 0.226 e. The van der Waals surface area contributed by atoms with Crippen molar-refractivity contribution >= 4 is 22.8 Å². The molecule has 0 saturated carbocycles. The first kappa shape index (κ1) is 17.0. The number of nitrogens with zero attached hydrogens (tertiary/aromatic N) is 6. The number of anilines is 2. The second kappa shape index (κ2) is 7.06. The number of hydrogen-bond acceptors (Lipinski definition) is 6. The zero-order valence-electron chi connectivity index (χ0n) is 15.4. The standard InChI is InChI=1S/C19H22N8/c1-13-14(12-27(25-13)15-8-4-3-5-9-15)7-6-10-21-19-23-17(20)16-11-22-26(2)18(16)24-19/h3-5,8-9,11-12H,6-7,10H2,1-2H3,(H3,20,21,23,24). The first-order valence-corrected chi connectivity index (χ1v) is 8.91. The zero-order chi connectivity index (χ0) is 18.8. The second-order valence-electron chi connectivity index (χ2n) is 6.49. The molecular formula is C19H22N8. The van der Waals surface area contributed by atoms with Gasteiger partial charge < -0.3 is 11.1 Å². The maximum Gasteiger partial charge on any atom is 0.226 e. The second-order valence-corrected chi connectivity index (χ2v) is 6.49. The number of nitrogens with two attached hydrogens (primary N) is 1. The summed E-state index contributed by atoms with van der Waals surface area (Å²) in [6.45, 7) is 2.79. The highest BCUT2D eigenvalue weighted by molar-refractivity contribution is 5.86. The Kier molecular flexibility index (Phi) is 4.45. The van der Waals surface area contributed by atoms with Crippen molar-refractivity contribution in [3.05, 3.63) is 54.0 Å². The molecule has 0 aliphatic heterocycles. The fourth-order valence-electron chi connectivity index (χ4n) is 3.06. The van der Waals surface area contributed by atoms with Gasteiger partial charge in [0.05, 0.1) is 23.0 Å². The normalized spacial score (nSPS) is 11.2. The first-order chi connectivity index (χ1) is 13.1. The highest BCUT2D eigenvalue weighted by Gasteiger charge is 2.09. The highest BCUT2D eigenvalue weighted by Crippen LogP contribution is 2.18. The fraction of sp³-hybridized carbons (Fsp3) is 0.263. The van der Waals surface area contributed by atoms with Crippen LogP contribution in [-0.4, -0.2) is 36.1 Å². The summed E-state index contributed by atoms with van der Waals surface area (Å²) in [6.07, 6.45) is 5.64. The lowest BCUT2D eigenvalue weighted by Crippen LogP contribution is -2.08. The van der Waals surface area contributed by atoms with E-state index < -0.39 is 0 Å². The molecule has 0 radical (unpaired) electrons. The number of fused-ring (bicyclic) bond motifs is 1. The molecule has 0 bridgehead atoms. The van der Waals surface area contributed by atoms with Gasteiger partial charge in [-0.3, -0.25) is 4.68 Å². The van der Waals surface area contributed by atoms with E-state index in [2.05, 4.69) is 31.7 Å². The third-order valence-corrected chi connectivity index (χ3v) is 4.55. The quantitative estimate of drug-likeness (QED) is 0.511. The molecule has 4 rings (SSSR count). The van der Waals surface area contributed by atoms with Crippen LogP contribution in [0.25, 0.3) is 16.7 Å². The topological polar surface area (TPSA) is 99.5 Å². The molecule has 4 aromatic rings. The molecule has 0 aliphatic rings. The Balaban J connectivity index is 1.38. The van der Waals surface area contributed by atoms with Crippen molar-refractivity contribution in [3.63, 3.8) is 0 Å². The van der Waals surface area contributed by atoms with Crippen LogP contribution in [0.5, 0.6) is 0 Å². The minimum Gasteiger partial charge on any atom is -0.383 e. The Morgan fingerprint density at radius 1 is 1.15 bits per heavy atom. The minimum atomic E-state index is 0.440. The zero-order valence-corrected chi connectivity index (χ0v) is 15.4. The summed E-state index contributed by atoms with van der Waals surface area (Å²) in [5.74, 6) is 0.968. The Morgan fingerprint density at radius 2 is 1.96 bits per heavy atom. The average Bonchev–Trinajstić information content (AvgIpc) is 3.23. The van der Waals surface area contributed by atoms with Gasteiger partial charge >= 0.3 is 0 Å². The van der Waals surface area contributed by atoms with E-state index in [1.54, 1.807) is 10.9 Å². The van der Waals surface area contributed by atoms with Crippen LogP contribution in [0.2, 0.25) is 0 Å². The van der Waals surface area contributed by atoms with E-state index in [-0.39, 0.29) is 0 Å². The van der Waals surface area contributed by atoms with E-state index in [9.17, 15) is 0 Å². The van der Waals surface area contributed by atoms with Crippen molar-refractivity contribution in [2.24, 2.45) is 7.05 Å². The molecule has 0 spiro atoms. The summed E-state index contributed by atoms with van der Waals surface area (Å²) in [6, 6.07) is 10.1. The van der Waals surface area contributed by atoms with Gasteiger partial charge in [0.15, 0.2) is 5.65 Å². The van der Waals surface area contributed by atoms with Crippen molar-refractivity contribution in [3.8, 4) is 5.69 Å². The SMILES string of the molecule is Cc1nn(-c2ccccc2)cc1CCCNc1nc(N)c2cnn(C)c2n1. The third-order valence-electron chi connectivity index (χ3n) is 4.55. The largest absolute Gasteiger partial charge is 0.383 e. The molecule has 0 atom stereocenters. The van der Waals surface area contributed by atoms with Crippen molar-refractivity contribution in [1.29, 1.82) is 0 Å². The molecule has 3 heterocycles. The summed E-state index contributed by atoms with van der Waals surface area (Å²) in [7, 11) is 1.84. The summed E-state index contributed by atoms with van der Waals surface area (Å²) in [4.78, 5) is 8.79. The third kappa shape index (κ3) is 3.46. The molecular weight excluding hydrogens is 340 g/mol. The maximum absolute atomic E-state index is 5.99. The summed E-state index contributed by atoms with van der Waals surface area (Å²) in [5, 5.41) is 12.8. The number of para-hydroxylation sites is 1. The number of nitrogen functional groups attached to an aromatic ring is 1. The molecule has 0 fully saturated rings. The van der Waals surface area contributed by atoms with Crippen LogP contribution in [0.4, 0.5) is 11.8 Å². The van der Waals surface area contributed by atoms with Crippen LogP contribution in [0.3, 0.4) is 0 Å². The molecule has 3 aromatic heterocycles. The van der Waals surface area contributed by atoms with Gasteiger partial charge in [-0.05, 0) is 37.5 Å². The maximum atomic E-state index is 5.99. The van der Waals surface area contributed by atoms with Crippen LogP contribution in [0.1, 0.15) is 17.7 Å². The Morgan fingerprint density at radius 3 is 2.78 bits per heavy atom. The first-order valence-electron chi connectivity index (χ1n) is 8.91. The number of aromatic nitrogens is 6.